The third-order valence-corrected chi connectivity index (χ3v) is 8.53. The molecule has 1 aromatic rings. The van der Waals surface area contributed by atoms with Gasteiger partial charge in [0, 0.05) is 24.4 Å². The summed E-state index contributed by atoms with van der Waals surface area (Å²) < 4.78 is 25.9. The highest BCUT2D eigenvalue weighted by atomic mass is 32.2. The van der Waals surface area contributed by atoms with Crippen molar-refractivity contribution in [3.05, 3.63) is 18.2 Å². The van der Waals surface area contributed by atoms with Crippen LogP contribution in [0.3, 0.4) is 0 Å². The summed E-state index contributed by atoms with van der Waals surface area (Å²) in [6.45, 7) is 6.90. The lowest BCUT2D eigenvalue weighted by molar-refractivity contribution is -0.132. The monoisotopic (exact) mass is 410 g/mol. The summed E-state index contributed by atoms with van der Waals surface area (Å²) >= 11 is 1.41. The Bertz CT molecular complexity index is 853. The van der Waals surface area contributed by atoms with Gasteiger partial charge in [-0.3, -0.25) is 9.59 Å². The molecule has 1 N–H and O–H groups in total. The lowest BCUT2D eigenvalue weighted by Crippen LogP contribution is -2.41. The number of hydrogen-bond donors (Lipinski definition) is 1. The first-order valence-corrected chi connectivity index (χ1v) is 11.7. The van der Waals surface area contributed by atoms with Gasteiger partial charge in [-0.25, -0.2) is 8.42 Å². The molecule has 3 atom stereocenters. The first-order valence-electron chi connectivity index (χ1n) is 9.31. The third-order valence-electron chi connectivity index (χ3n) is 5.21. The quantitative estimate of drug-likeness (QED) is 0.825. The number of piperidine rings is 1. The Morgan fingerprint density at radius 2 is 2.11 bits per heavy atom. The molecule has 2 amide bonds. The normalized spacial score (nSPS) is 24.1. The minimum Gasteiger partial charge on any atom is -0.342 e. The van der Waals surface area contributed by atoms with E-state index >= 15 is 0 Å². The minimum absolute atomic E-state index is 0.0235. The second-order valence-corrected chi connectivity index (χ2v) is 11.3. The average Bonchev–Trinajstić information content (AvgIpc) is 2.62. The standard InChI is InChI=1S/C19H26N2O4S2/c1-12-5-4-8-21(11-12)18(22)9-13(2)27(24,25)15-6-7-17-16(10-15)20-19(23)14(3)26-17/h6-7,10,12-14H,4-5,8-9,11H2,1-3H3,(H,20,23)/t12-,13+,14+/m1/s1. The number of anilines is 1. The molecule has 3 rings (SSSR count). The molecule has 27 heavy (non-hydrogen) atoms. The number of carbonyl (C=O) groups is 2. The van der Waals surface area contributed by atoms with Crippen LogP contribution in [0.4, 0.5) is 5.69 Å². The maximum atomic E-state index is 13.0. The van der Waals surface area contributed by atoms with Gasteiger partial charge in [-0.05, 0) is 50.8 Å². The van der Waals surface area contributed by atoms with Gasteiger partial charge in [0.05, 0.1) is 21.1 Å². The van der Waals surface area contributed by atoms with Crippen molar-refractivity contribution >= 4 is 39.1 Å². The van der Waals surface area contributed by atoms with E-state index in [9.17, 15) is 18.0 Å². The molecular formula is C19H26N2O4S2. The Balaban J connectivity index is 1.75. The number of likely N-dealkylation sites (tertiary alicyclic amines) is 1. The Kier molecular flexibility index (Phi) is 5.86. The molecule has 0 bridgehead atoms. The number of thioether (sulfide) groups is 1. The highest BCUT2D eigenvalue weighted by Crippen LogP contribution is 2.37. The highest BCUT2D eigenvalue weighted by Gasteiger charge is 2.31. The van der Waals surface area contributed by atoms with Gasteiger partial charge in [-0.1, -0.05) is 6.92 Å². The summed E-state index contributed by atoms with van der Waals surface area (Å²) in [6, 6.07) is 4.80. The van der Waals surface area contributed by atoms with Gasteiger partial charge >= 0.3 is 0 Å². The maximum Gasteiger partial charge on any atom is 0.237 e. The number of amides is 2. The fourth-order valence-corrected chi connectivity index (χ4v) is 5.79. The van der Waals surface area contributed by atoms with Crippen LogP contribution >= 0.6 is 11.8 Å². The summed E-state index contributed by atoms with van der Waals surface area (Å²) in [5.74, 6) is 0.219. The number of rotatable bonds is 4. The van der Waals surface area contributed by atoms with Gasteiger partial charge < -0.3 is 10.2 Å². The number of nitrogens with zero attached hydrogens (tertiary/aromatic N) is 1. The number of hydrogen-bond acceptors (Lipinski definition) is 5. The van der Waals surface area contributed by atoms with E-state index in [1.54, 1.807) is 24.0 Å². The minimum atomic E-state index is -3.66. The van der Waals surface area contributed by atoms with Gasteiger partial charge in [0.25, 0.3) is 0 Å². The van der Waals surface area contributed by atoms with Crippen LogP contribution in [0, 0.1) is 5.92 Å². The summed E-state index contributed by atoms with van der Waals surface area (Å²) in [6.07, 6.45) is 2.05. The van der Waals surface area contributed by atoms with Crippen LogP contribution in [0.2, 0.25) is 0 Å². The first-order chi connectivity index (χ1) is 12.7. The van der Waals surface area contributed by atoms with Crippen LogP contribution in [-0.2, 0) is 19.4 Å². The van der Waals surface area contributed by atoms with Gasteiger partial charge in [0.1, 0.15) is 0 Å². The molecular weight excluding hydrogens is 384 g/mol. The molecule has 0 aromatic heterocycles. The van der Waals surface area contributed by atoms with Gasteiger partial charge in [0.2, 0.25) is 11.8 Å². The molecule has 0 aliphatic carbocycles. The molecule has 0 saturated carbocycles. The van der Waals surface area contributed by atoms with E-state index in [1.807, 2.05) is 6.92 Å². The zero-order valence-corrected chi connectivity index (χ0v) is 17.5. The lowest BCUT2D eigenvalue weighted by atomic mass is 10.00. The van der Waals surface area contributed by atoms with E-state index in [0.717, 1.165) is 17.7 Å². The van der Waals surface area contributed by atoms with Crippen LogP contribution in [0.5, 0.6) is 0 Å². The zero-order chi connectivity index (χ0) is 19.8. The summed E-state index contributed by atoms with van der Waals surface area (Å²) in [5, 5.41) is 1.74. The van der Waals surface area contributed by atoms with Gasteiger partial charge in [-0.2, -0.15) is 0 Å². The fourth-order valence-electron chi connectivity index (χ4n) is 3.50. The topological polar surface area (TPSA) is 83.6 Å². The Morgan fingerprint density at radius 1 is 1.37 bits per heavy atom. The van der Waals surface area contributed by atoms with Crippen molar-refractivity contribution < 1.29 is 18.0 Å². The molecule has 6 nitrogen and oxygen atoms in total. The second kappa shape index (κ2) is 7.83. The van der Waals surface area contributed by atoms with Gasteiger partial charge in [0.15, 0.2) is 9.84 Å². The van der Waals surface area contributed by atoms with Crippen LogP contribution in [0.25, 0.3) is 0 Å². The number of carbonyl (C=O) groups excluding carboxylic acids is 2. The smallest absolute Gasteiger partial charge is 0.237 e. The molecule has 1 aromatic carbocycles. The van der Waals surface area contributed by atoms with E-state index < -0.39 is 15.1 Å². The number of benzene rings is 1. The number of fused-ring (bicyclic) bond motifs is 1. The zero-order valence-electron chi connectivity index (χ0n) is 15.9. The van der Waals surface area contributed by atoms with Crippen molar-refractivity contribution in [2.75, 3.05) is 18.4 Å². The maximum absolute atomic E-state index is 13.0. The molecule has 1 fully saturated rings. The molecule has 1 saturated heterocycles. The van der Waals surface area contributed by atoms with Gasteiger partial charge in [-0.15, -0.1) is 11.8 Å². The number of sulfone groups is 1. The summed E-state index contributed by atoms with van der Waals surface area (Å²) in [4.78, 5) is 27.2. The summed E-state index contributed by atoms with van der Waals surface area (Å²) in [5.41, 5.74) is 0.521. The van der Waals surface area contributed by atoms with Crippen LogP contribution < -0.4 is 5.32 Å². The fraction of sp³-hybridized carbons (Fsp3) is 0.579. The Labute approximate surface area is 165 Å². The molecule has 148 valence electrons. The molecule has 2 aliphatic rings. The van der Waals surface area contributed by atoms with E-state index in [2.05, 4.69) is 12.2 Å². The predicted octanol–water partition coefficient (Wildman–Crippen LogP) is 2.93. The SMILES string of the molecule is C[C@@H]1CCCN(C(=O)C[C@H](C)S(=O)(=O)c2ccc3c(c2)NC(=O)[C@H](C)S3)C1. The van der Waals surface area contributed by atoms with Crippen molar-refractivity contribution in [3.63, 3.8) is 0 Å². The Hall–Kier alpha value is -1.54. The molecule has 0 spiro atoms. The average molecular weight is 411 g/mol. The van der Waals surface area contributed by atoms with E-state index in [1.165, 1.54) is 17.8 Å². The van der Waals surface area contributed by atoms with Crippen LogP contribution in [0.15, 0.2) is 28.0 Å². The molecule has 0 radical (unpaired) electrons. The third kappa shape index (κ3) is 4.32. The second-order valence-electron chi connectivity index (χ2n) is 7.55. The van der Waals surface area contributed by atoms with Crippen molar-refractivity contribution in [2.24, 2.45) is 5.92 Å². The van der Waals surface area contributed by atoms with E-state index in [0.29, 0.717) is 24.7 Å². The Morgan fingerprint density at radius 3 is 2.81 bits per heavy atom. The molecule has 2 aliphatic heterocycles. The predicted molar refractivity (Wildman–Crippen MR) is 107 cm³/mol. The molecule has 8 heteroatoms. The van der Waals surface area contributed by atoms with Crippen molar-refractivity contribution in [3.8, 4) is 0 Å². The van der Waals surface area contributed by atoms with E-state index in [4.69, 9.17) is 0 Å². The van der Waals surface area contributed by atoms with Crippen molar-refractivity contribution in [1.29, 1.82) is 0 Å². The number of nitrogens with one attached hydrogen (secondary N) is 1. The van der Waals surface area contributed by atoms with Crippen molar-refractivity contribution in [2.45, 2.75) is 60.3 Å². The van der Waals surface area contributed by atoms with E-state index in [-0.39, 0.29) is 28.4 Å². The van der Waals surface area contributed by atoms with Crippen LogP contribution in [0.1, 0.15) is 40.0 Å². The lowest BCUT2D eigenvalue weighted by Gasteiger charge is -2.31. The first kappa shape index (κ1) is 20.2. The summed E-state index contributed by atoms with van der Waals surface area (Å²) in [7, 11) is -3.66. The largest absolute Gasteiger partial charge is 0.342 e. The molecule has 0 unspecified atom stereocenters. The van der Waals surface area contributed by atoms with Crippen LogP contribution in [-0.4, -0.2) is 48.7 Å². The van der Waals surface area contributed by atoms with Crippen molar-refractivity contribution in [1.82, 2.24) is 4.90 Å². The molecule has 2 heterocycles. The highest BCUT2D eigenvalue weighted by molar-refractivity contribution is 8.01.